The fourth-order valence-corrected chi connectivity index (χ4v) is 2.78. The molecule has 1 aromatic rings. The lowest BCUT2D eigenvalue weighted by Gasteiger charge is -2.06. The lowest BCUT2D eigenvalue weighted by molar-refractivity contribution is -0.120. The number of carbonyl (C=O) groups excluding carboxylic acids is 1. The van der Waals surface area contributed by atoms with Crippen LogP contribution in [0.5, 0.6) is 0 Å². The Labute approximate surface area is 122 Å². The smallest absolute Gasteiger partial charge is 0.371 e. The molecular weight excluding hydrogens is 300 g/mol. The molecule has 0 aromatic carbocycles. The summed E-state index contributed by atoms with van der Waals surface area (Å²) in [6.45, 7) is 3.72. The van der Waals surface area contributed by atoms with E-state index in [0.29, 0.717) is 6.54 Å². The minimum Gasteiger partial charge on any atom is -0.475 e. The Hall–Kier alpha value is -1.87. The number of amides is 1. The average molecular weight is 318 g/mol. The maximum Gasteiger partial charge on any atom is 0.371 e. The van der Waals surface area contributed by atoms with Crippen LogP contribution in [0.1, 0.15) is 36.1 Å². The van der Waals surface area contributed by atoms with E-state index >= 15 is 0 Å². The summed E-state index contributed by atoms with van der Waals surface area (Å²) < 4.78 is 31.1. The summed E-state index contributed by atoms with van der Waals surface area (Å²) in [5.41, 5.74) is 0. The fourth-order valence-electron chi connectivity index (χ4n) is 1.57. The first kappa shape index (κ1) is 17.2. The van der Waals surface area contributed by atoms with Crippen molar-refractivity contribution in [2.45, 2.75) is 31.6 Å². The van der Waals surface area contributed by atoms with Gasteiger partial charge in [-0.1, -0.05) is 6.92 Å². The lowest BCUT2D eigenvalue weighted by atomic mass is 10.4. The number of hydrogen-bond acceptors (Lipinski definition) is 5. The molecule has 0 aliphatic rings. The molecule has 21 heavy (non-hydrogen) atoms. The van der Waals surface area contributed by atoms with Crippen molar-refractivity contribution in [1.82, 2.24) is 10.0 Å². The van der Waals surface area contributed by atoms with Gasteiger partial charge in [-0.2, -0.15) is 0 Å². The Bertz CT molecular complexity index is 620. The van der Waals surface area contributed by atoms with Crippen molar-refractivity contribution in [2.75, 3.05) is 13.1 Å². The predicted molar refractivity (Wildman–Crippen MR) is 73.5 cm³/mol. The lowest BCUT2D eigenvalue weighted by Crippen LogP contribution is -2.31. The molecule has 0 bridgehead atoms. The van der Waals surface area contributed by atoms with Crippen LogP contribution in [-0.4, -0.2) is 38.5 Å². The summed E-state index contributed by atoms with van der Waals surface area (Å²) in [4.78, 5) is 21.8. The number of nitrogens with one attached hydrogen (secondary N) is 2. The first-order valence-corrected chi connectivity index (χ1v) is 7.86. The van der Waals surface area contributed by atoms with E-state index in [1.54, 1.807) is 0 Å². The van der Waals surface area contributed by atoms with Gasteiger partial charge in [0.2, 0.25) is 21.7 Å². The van der Waals surface area contributed by atoms with Gasteiger partial charge in [0.25, 0.3) is 0 Å². The summed E-state index contributed by atoms with van der Waals surface area (Å²) in [6, 6.07) is 0.942. The summed E-state index contributed by atoms with van der Waals surface area (Å²) in [6.07, 6.45) is 0.797. The third kappa shape index (κ3) is 4.87. The van der Waals surface area contributed by atoms with E-state index in [1.165, 1.54) is 6.92 Å². The second kappa shape index (κ2) is 7.23. The van der Waals surface area contributed by atoms with Gasteiger partial charge < -0.3 is 14.8 Å². The molecule has 0 radical (unpaired) electrons. The molecule has 0 spiro atoms. The van der Waals surface area contributed by atoms with Crippen molar-refractivity contribution in [2.24, 2.45) is 0 Å². The normalized spacial score (nSPS) is 11.3. The molecule has 9 heteroatoms. The molecule has 1 amide bonds. The number of carbonyl (C=O) groups is 2. The maximum atomic E-state index is 12.0. The Kier molecular flexibility index (Phi) is 5.91. The molecule has 1 aromatic heterocycles. The molecule has 0 saturated carbocycles. The number of carboxylic acids is 1. The van der Waals surface area contributed by atoms with Crippen LogP contribution in [0.3, 0.4) is 0 Å². The van der Waals surface area contributed by atoms with Crippen LogP contribution in [0.4, 0.5) is 0 Å². The second-order valence-corrected chi connectivity index (χ2v) is 6.07. The molecule has 1 rings (SSSR count). The number of furan rings is 1. The zero-order valence-corrected chi connectivity index (χ0v) is 12.6. The predicted octanol–water partition coefficient (Wildman–Crippen LogP) is 0.481. The molecular formula is C12H18N2O6S. The SMILES string of the molecule is CCCNC(=O)CCNS(=O)(=O)c1cc(C(=O)O)oc1C. The van der Waals surface area contributed by atoms with Gasteiger partial charge in [-0.25, -0.2) is 17.9 Å². The first-order chi connectivity index (χ1) is 9.77. The van der Waals surface area contributed by atoms with Crippen LogP contribution in [0.25, 0.3) is 0 Å². The van der Waals surface area contributed by atoms with E-state index in [9.17, 15) is 18.0 Å². The highest BCUT2D eigenvalue weighted by molar-refractivity contribution is 7.89. The van der Waals surface area contributed by atoms with E-state index in [1.807, 2.05) is 6.92 Å². The van der Waals surface area contributed by atoms with Crippen LogP contribution in [0.2, 0.25) is 0 Å². The first-order valence-electron chi connectivity index (χ1n) is 6.38. The minimum atomic E-state index is -3.91. The van der Waals surface area contributed by atoms with Crippen LogP contribution in [0, 0.1) is 6.92 Å². The van der Waals surface area contributed by atoms with Crippen LogP contribution in [0.15, 0.2) is 15.4 Å². The molecule has 8 nitrogen and oxygen atoms in total. The summed E-state index contributed by atoms with van der Waals surface area (Å²) in [7, 11) is -3.91. The van der Waals surface area contributed by atoms with Crippen LogP contribution < -0.4 is 10.0 Å². The molecule has 0 atom stereocenters. The number of hydrogen-bond donors (Lipinski definition) is 3. The number of carboxylic acid groups (broad SMARTS) is 1. The van der Waals surface area contributed by atoms with Gasteiger partial charge in [-0.05, 0) is 13.3 Å². The highest BCUT2D eigenvalue weighted by Crippen LogP contribution is 2.19. The zero-order valence-electron chi connectivity index (χ0n) is 11.8. The molecule has 0 fully saturated rings. The molecule has 3 N–H and O–H groups in total. The third-order valence-corrected chi connectivity index (χ3v) is 4.16. The summed E-state index contributed by atoms with van der Waals surface area (Å²) in [5.74, 6) is -2.07. The second-order valence-electron chi connectivity index (χ2n) is 4.33. The Morgan fingerprint density at radius 2 is 2.00 bits per heavy atom. The monoisotopic (exact) mass is 318 g/mol. The standard InChI is InChI=1S/C12H18N2O6S/c1-3-5-13-11(15)4-6-14-21(18,19)10-7-9(12(16)17)20-8(10)2/h7,14H,3-6H2,1-2H3,(H,13,15)(H,16,17). The van der Waals surface area contributed by atoms with Gasteiger partial charge >= 0.3 is 5.97 Å². The van der Waals surface area contributed by atoms with Gasteiger partial charge in [0, 0.05) is 25.6 Å². The minimum absolute atomic E-state index is 0.00190. The van der Waals surface area contributed by atoms with Crippen molar-refractivity contribution in [3.63, 3.8) is 0 Å². The number of sulfonamides is 1. The summed E-state index contributed by atoms with van der Waals surface area (Å²) >= 11 is 0. The van der Waals surface area contributed by atoms with E-state index in [4.69, 9.17) is 9.52 Å². The molecule has 0 aliphatic carbocycles. The van der Waals surface area contributed by atoms with Crippen molar-refractivity contribution >= 4 is 21.9 Å². The number of aromatic carboxylic acids is 1. The highest BCUT2D eigenvalue weighted by atomic mass is 32.2. The largest absolute Gasteiger partial charge is 0.475 e. The van der Waals surface area contributed by atoms with Crippen molar-refractivity contribution in [1.29, 1.82) is 0 Å². The Morgan fingerprint density at radius 1 is 1.33 bits per heavy atom. The molecule has 0 unspecified atom stereocenters. The molecule has 0 saturated heterocycles. The molecule has 1 heterocycles. The zero-order chi connectivity index (χ0) is 16.0. The van der Waals surface area contributed by atoms with Crippen LogP contribution >= 0.6 is 0 Å². The van der Waals surface area contributed by atoms with Crippen LogP contribution in [-0.2, 0) is 14.8 Å². The summed E-state index contributed by atoms with van der Waals surface area (Å²) in [5, 5.41) is 11.4. The van der Waals surface area contributed by atoms with Gasteiger partial charge in [0.15, 0.2) is 0 Å². The highest BCUT2D eigenvalue weighted by Gasteiger charge is 2.23. The van der Waals surface area contributed by atoms with Gasteiger partial charge in [0.05, 0.1) is 0 Å². The van der Waals surface area contributed by atoms with E-state index in [2.05, 4.69) is 10.0 Å². The fraction of sp³-hybridized carbons (Fsp3) is 0.500. The van der Waals surface area contributed by atoms with Gasteiger partial charge in [0.1, 0.15) is 10.7 Å². The van der Waals surface area contributed by atoms with Gasteiger partial charge in [-0.3, -0.25) is 4.79 Å². The molecule has 118 valence electrons. The van der Waals surface area contributed by atoms with Gasteiger partial charge in [-0.15, -0.1) is 0 Å². The number of rotatable bonds is 8. The van der Waals surface area contributed by atoms with Crippen molar-refractivity contribution in [3.05, 3.63) is 17.6 Å². The Morgan fingerprint density at radius 3 is 2.52 bits per heavy atom. The maximum absolute atomic E-state index is 12.0. The third-order valence-electron chi connectivity index (χ3n) is 2.59. The van der Waals surface area contributed by atoms with Crippen molar-refractivity contribution in [3.8, 4) is 0 Å². The van der Waals surface area contributed by atoms with Crippen molar-refractivity contribution < 1.29 is 27.5 Å². The number of aryl methyl sites for hydroxylation is 1. The Balaban J connectivity index is 2.66. The van der Waals surface area contributed by atoms with E-state index < -0.39 is 21.8 Å². The van der Waals surface area contributed by atoms with E-state index in [0.717, 1.165) is 12.5 Å². The molecule has 0 aliphatic heterocycles. The quantitative estimate of drug-likeness (QED) is 0.640. The van der Waals surface area contributed by atoms with E-state index in [-0.39, 0.29) is 29.5 Å². The average Bonchev–Trinajstić information content (AvgIpc) is 2.79. The topological polar surface area (TPSA) is 126 Å².